The molecule has 1 aromatic carbocycles. The minimum Gasteiger partial charge on any atom is -0.393 e. The van der Waals surface area contributed by atoms with E-state index in [0.29, 0.717) is 32.4 Å². The Labute approximate surface area is 119 Å². The summed E-state index contributed by atoms with van der Waals surface area (Å²) in [7, 11) is 0. The molecule has 0 saturated heterocycles. The van der Waals surface area contributed by atoms with Gasteiger partial charge in [-0.05, 0) is 30.9 Å². The third kappa shape index (κ3) is 6.45. The number of hydrogen-bond donors (Lipinski definition) is 3. The monoisotopic (exact) mass is 284 g/mol. The largest absolute Gasteiger partial charge is 0.393 e. The molecule has 1 unspecified atom stereocenters. The molecule has 0 aliphatic carbocycles. The van der Waals surface area contributed by atoms with E-state index in [-0.39, 0.29) is 12.1 Å². The van der Waals surface area contributed by atoms with Crippen LogP contribution in [0.15, 0.2) is 24.3 Å². The molecule has 0 bridgehead atoms. The molecule has 19 heavy (non-hydrogen) atoms. The van der Waals surface area contributed by atoms with Crippen LogP contribution in [0, 0.1) is 0 Å². The second-order valence-electron chi connectivity index (χ2n) is 4.37. The zero-order valence-corrected chi connectivity index (χ0v) is 11.9. The van der Waals surface area contributed by atoms with Crippen LogP contribution in [0.5, 0.6) is 0 Å². The molecule has 2 amide bonds. The Kier molecular flexibility index (Phi) is 7.30. The van der Waals surface area contributed by atoms with Gasteiger partial charge in [0.25, 0.3) is 0 Å². The van der Waals surface area contributed by atoms with Gasteiger partial charge in [0.1, 0.15) is 0 Å². The van der Waals surface area contributed by atoms with Crippen molar-refractivity contribution in [2.45, 2.75) is 32.3 Å². The molecule has 1 aromatic rings. The number of rotatable bonds is 7. The van der Waals surface area contributed by atoms with E-state index in [1.165, 1.54) is 0 Å². The molecule has 3 N–H and O–H groups in total. The summed E-state index contributed by atoms with van der Waals surface area (Å²) in [4.78, 5) is 11.5. The van der Waals surface area contributed by atoms with Gasteiger partial charge < -0.3 is 15.7 Å². The van der Waals surface area contributed by atoms with Gasteiger partial charge in [0.2, 0.25) is 0 Å². The number of halogens is 1. The topological polar surface area (TPSA) is 61.4 Å². The molecule has 0 aliphatic rings. The second kappa shape index (κ2) is 8.77. The summed E-state index contributed by atoms with van der Waals surface area (Å²) in [5.74, 6) is 0. The normalized spacial score (nSPS) is 11.9. The molecule has 1 atom stereocenters. The number of hydrogen-bond acceptors (Lipinski definition) is 2. The lowest BCUT2D eigenvalue weighted by atomic mass is 10.1. The van der Waals surface area contributed by atoms with Crippen LogP contribution in [0.2, 0.25) is 5.02 Å². The summed E-state index contributed by atoms with van der Waals surface area (Å²) in [6, 6.07) is 7.37. The van der Waals surface area contributed by atoms with Gasteiger partial charge in [0.15, 0.2) is 0 Å². The fourth-order valence-electron chi connectivity index (χ4n) is 1.63. The lowest BCUT2D eigenvalue weighted by Gasteiger charge is -2.10. The minimum atomic E-state index is -0.344. The van der Waals surface area contributed by atoms with Gasteiger partial charge in [-0.15, -0.1) is 0 Å². The van der Waals surface area contributed by atoms with Crippen LogP contribution >= 0.6 is 11.6 Å². The van der Waals surface area contributed by atoms with Gasteiger partial charge in [-0.1, -0.05) is 36.7 Å². The number of carbonyl (C=O) groups excluding carboxylic acids is 1. The van der Waals surface area contributed by atoms with E-state index in [2.05, 4.69) is 10.6 Å². The quantitative estimate of drug-likeness (QED) is 0.720. The van der Waals surface area contributed by atoms with E-state index >= 15 is 0 Å². The number of aliphatic hydroxyl groups excluding tert-OH is 1. The van der Waals surface area contributed by atoms with Crippen LogP contribution in [0.4, 0.5) is 4.79 Å². The van der Waals surface area contributed by atoms with Gasteiger partial charge in [-0.3, -0.25) is 0 Å². The van der Waals surface area contributed by atoms with Crippen LogP contribution < -0.4 is 10.6 Å². The summed E-state index contributed by atoms with van der Waals surface area (Å²) in [6.45, 7) is 2.92. The highest BCUT2D eigenvalue weighted by Gasteiger charge is 2.04. The van der Waals surface area contributed by atoms with Crippen LogP contribution in [0.1, 0.15) is 25.3 Å². The number of aliphatic hydroxyl groups is 1. The second-order valence-corrected chi connectivity index (χ2v) is 4.78. The molecule has 0 aromatic heterocycles. The number of benzene rings is 1. The Balaban J connectivity index is 2.15. The van der Waals surface area contributed by atoms with E-state index < -0.39 is 0 Å². The van der Waals surface area contributed by atoms with Crippen molar-refractivity contribution < 1.29 is 9.90 Å². The molecule has 0 radical (unpaired) electrons. The smallest absolute Gasteiger partial charge is 0.314 e. The summed E-state index contributed by atoms with van der Waals surface area (Å²) < 4.78 is 0. The molecule has 4 nitrogen and oxygen atoms in total. The van der Waals surface area contributed by atoms with Crippen LogP contribution in [-0.4, -0.2) is 30.3 Å². The van der Waals surface area contributed by atoms with Gasteiger partial charge >= 0.3 is 6.03 Å². The molecule has 0 heterocycles. The summed E-state index contributed by atoms with van der Waals surface area (Å²) in [5.41, 5.74) is 1.02. The zero-order chi connectivity index (χ0) is 14.1. The highest BCUT2D eigenvalue weighted by Crippen LogP contribution is 2.14. The Morgan fingerprint density at radius 3 is 2.68 bits per heavy atom. The van der Waals surface area contributed by atoms with E-state index in [1.807, 2.05) is 31.2 Å². The van der Waals surface area contributed by atoms with Gasteiger partial charge in [-0.25, -0.2) is 4.79 Å². The maximum Gasteiger partial charge on any atom is 0.314 e. The first-order valence-corrected chi connectivity index (χ1v) is 6.94. The van der Waals surface area contributed by atoms with Gasteiger partial charge in [0, 0.05) is 18.1 Å². The molecule has 0 spiro atoms. The van der Waals surface area contributed by atoms with Crippen molar-refractivity contribution in [2.75, 3.05) is 13.1 Å². The fraction of sp³-hybridized carbons (Fsp3) is 0.500. The molecule has 1 rings (SSSR count). The highest BCUT2D eigenvalue weighted by molar-refractivity contribution is 6.31. The third-order valence-corrected chi connectivity index (χ3v) is 3.24. The van der Waals surface area contributed by atoms with Crippen molar-refractivity contribution in [3.05, 3.63) is 34.9 Å². The zero-order valence-electron chi connectivity index (χ0n) is 11.2. The van der Waals surface area contributed by atoms with Gasteiger partial charge in [0.05, 0.1) is 6.10 Å². The fourth-order valence-corrected chi connectivity index (χ4v) is 1.86. The number of amides is 2. The van der Waals surface area contributed by atoms with Gasteiger partial charge in [-0.2, -0.15) is 0 Å². The van der Waals surface area contributed by atoms with Crippen molar-refractivity contribution in [1.29, 1.82) is 0 Å². The SMILES string of the molecule is CCC(O)CCNC(=O)NCCc1ccccc1Cl. The van der Waals surface area contributed by atoms with Crippen molar-refractivity contribution in [3.63, 3.8) is 0 Å². The highest BCUT2D eigenvalue weighted by atomic mass is 35.5. The van der Waals surface area contributed by atoms with E-state index in [0.717, 1.165) is 10.6 Å². The summed E-state index contributed by atoms with van der Waals surface area (Å²) >= 11 is 6.02. The molecule has 0 saturated carbocycles. The van der Waals surface area contributed by atoms with Crippen LogP contribution in [-0.2, 0) is 6.42 Å². The van der Waals surface area contributed by atoms with E-state index in [4.69, 9.17) is 11.6 Å². The van der Waals surface area contributed by atoms with Crippen LogP contribution in [0.25, 0.3) is 0 Å². The molecule has 0 aliphatic heterocycles. The number of carbonyl (C=O) groups is 1. The Morgan fingerprint density at radius 1 is 1.32 bits per heavy atom. The standard InChI is InChI=1S/C14H21ClN2O2/c1-2-12(18)8-10-17-14(19)16-9-7-11-5-3-4-6-13(11)15/h3-6,12,18H,2,7-10H2,1H3,(H2,16,17,19). The summed E-state index contributed by atoms with van der Waals surface area (Å²) in [5, 5.41) is 15.5. The molecule has 106 valence electrons. The number of nitrogens with one attached hydrogen (secondary N) is 2. The molecule has 0 fully saturated rings. The Hall–Kier alpha value is -1.26. The predicted molar refractivity (Wildman–Crippen MR) is 77.5 cm³/mol. The molecular weight excluding hydrogens is 264 g/mol. The van der Waals surface area contributed by atoms with E-state index in [1.54, 1.807) is 0 Å². The maximum absolute atomic E-state index is 11.5. The lowest BCUT2D eigenvalue weighted by Crippen LogP contribution is -2.37. The first-order valence-electron chi connectivity index (χ1n) is 6.56. The van der Waals surface area contributed by atoms with Crippen molar-refractivity contribution in [2.24, 2.45) is 0 Å². The maximum atomic E-state index is 11.5. The molecule has 5 heteroatoms. The summed E-state index contributed by atoms with van der Waals surface area (Å²) in [6.07, 6.45) is 1.64. The lowest BCUT2D eigenvalue weighted by molar-refractivity contribution is 0.160. The minimum absolute atomic E-state index is 0.213. The first-order chi connectivity index (χ1) is 9.13. The van der Waals surface area contributed by atoms with E-state index in [9.17, 15) is 9.90 Å². The molecular formula is C14H21ClN2O2. The Morgan fingerprint density at radius 2 is 2.00 bits per heavy atom. The van der Waals surface area contributed by atoms with Crippen LogP contribution in [0.3, 0.4) is 0 Å². The van der Waals surface area contributed by atoms with Crippen molar-refractivity contribution >= 4 is 17.6 Å². The first kappa shape index (κ1) is 15.8. The number of urea groups is 1. The predicted octanol–water partition coefficient (Wildman–Crippen LogP) is 2.34. The van der Waals surface area contributed by atoms with Crippen molar-refractivity contribution in [3.8, 4) is 0 Å². The Bertz CT molecular complexity index is 399. The van der Waals surface area contributed by atoms with Crippen molar-refractivity contribution in [1.82, 2.24) is 10.6 Å². The average molecular weight is 285 g/mol. The third-order valence-electron chi connectivity index (χ3n) is 2.87. The average Bonchev–Trinajstić information content (AvgIpc) is 2.40.